The minimum atomic E-state index is -0.455. The Morgan fingerprint density at radius 3 is 3.06 bits per heavy atom. The second kappa shape index (κ2) is 4.66. The first kappa shape index (κ1) is 11.6. The summed E-state index contributed by atoms with van der Waals surface area (Å²) in [6.07, 6.45) is 0.992. The number of halogens is 2. The second-order valence-corrected chi connectivity index (χ2v) is 4.68. The average Bonchev–Trinajstić information content (AvgIpc) is 3.01. The van der Waals surface area contributed by atoms with Gasteiger partial charge >= 0.3 is 0 Å². The molecule has 0 aliphatic carbocycles. The number of hydrogen-bond donors (Lipinski definition) is 1. The van der Waals surface area contributed by atoms with Gasteiger partial charge in [-0.2, -0.15) is 4.98 Å². The molecule has 1 fully saturated rings. The van der Waals surface area contributed by atoms with E-state index in [2.05, 4.69) is 15.5 Å². The van der Waals surface area contributed by atoms with Crippen LogP contribution in [-0.4, -0.2) is 23.2 Å². The van der Waals surface area contributed by atoms with Gasteiger partial charge < -0.3 is 9.84 Å². The zero-order valence-electron chi connectivity index (χ0n) is 9.49. The van der Waals surface area contributed by atoms with E-state index in [1.54, 1.807) is 6.07 Å². The van der Waals surface area contributed by atoms with Crippen molar-refractivity contribution in [2.45, 2.75) is 12.3 Å². The van der Waals surface area contributed by atoms with Gasteiger partial charge in [0.1, 0.15) is 5.82 Å². The van der Waals surface area contributed by atoms with E-state index in [-0.39, 0.29) is 10.9 Å². The van der Waals surface area contributed by atoms with Gasteiger partial charge in [-0.25, -0.2) is 4.39 Å². The Balaban J connectivity index is 1.89. The van der Waals surface area contributed by atoms with Crippen molar-refractivity contribution in [2.24, 2.45) is 0 Å². The van der Waals surface area contributed by atoms with Gasteiger partial charge in [0, 0.05) is 12.1 Å². The Kier molecular flexibility index (Phi) is 3.01. The third kappa shape index (κ3) is 2.11. The SMILES string of the molecule is Fc1ccc(-c2noc(C3CCNC3)n2)cc1Cl. The van der Waals surface area contributed by atoms with Crippen LogP contribution in [0.25, 0.3) is 11.4 Å². The van der Waals surface area contributed by atoms with E-state index >= 15 is 0 Å². The molecule has 1 aliphatic heterocycles. The largest absolute Gasteiger partial charge is 0.339 e. The molecule has 2 aromatic rings. The number of benzene rings is 1. The highest BCUT2D eigenvalue weighted by atomic mass is 35.5. The van der Waals surface area contributed by atoms with Crippen LogP contribution in [0.3, 0.4) is 0 Å². The molecule has 1 aromatic carbocycles. The van der Waals surface area contributed by atoms with E-state index in [4.69, 9.17) is 16.1 Å². The van der Waals surface area contributed by atoms with Gasteiger partial charge in [-0.3, -0.25) is 0 Å². The molecule has 0 saturated carbocycles. The van der Waals surface area contributed by atoms with Crippen LogP contribution in [0, 0.1) is 5.82 Å². The van der Waals surface area contributed by atoms with Crippen molar-refractivity contribution in [3.05, 3.63) is 34.9 Å². The van der Waals surface area contributed by atoms with Gasteiger partial charge in [0.05, 0.1) is 10.9 Å². The van der Waals surface area contributed by atoms with Gasteiger partial charge in [0.25, 0.3) is 0 Å². The number of nitrogens with zero attached hydrogens (tertiary/aromatic N) is 2. The third-order valence-corrected chi connectivity index (χ3v) is 3.32. The first-order chi connectivity index (χ1) is 8.74. The molecular weight excluding hydrogens is 257 g/mol. The van der Waals surface area contributed by atoms with E-state index in [1.165, 1.54) is 12.1 Å². The predicted octanol–water partition coefficient (Wildman–Crippen LogP) is 2.61. The van der Waals surface area contributed by atoms with E-state index < -0.39 is 5.82 Å². The fourth-order valence-corrected chi connectivity index (χ4v) is 2.20. The highest BCUT2D eigenvalue weighted by Crippen LogP contribution is 2.26. The minimum Gasteiger partial charge on any atom is -0.339 e. The first-order valence-electron chi connectivity index (χ1n) is 5.74. The Hall–Kier alpha value is -1.46. The van der Waals surface area contributed by atoms with E-state index in [9.17, 15) is 4.39 Å². The number of hydrogen-bond acceptors (Lipinski definition) is 4. The Morgan fingerprint density at radius 2 is 2.33 bits per heavy atom. The summed E-state index contributed by atoms with van der Waals surface area (Å²) < 4.78 is 18.3. The van der Waals surface area contributed by atoms with E-state index in [0.29, 0.717) is 17.3 Å². The van der Waals surface area contributed by atoms with Crippen molar-refractivity contribution in [2.75, 3.05) is 13.1 Å². The van der Waals surface area contributed by atoms with Crippen molar-refractivity contribution >= 4 is 11.6 Å². The molecule has 0 spiro atoms. The summed E-state index contributed by atoms with van der Waals surface area (Å²) in [5, 5.41) is 7.20. The number of rotatable bonds is 2. The Bertz CT molecular complexity index is 566. The smallest absolute Gasteiger partial charge is 0.231 e. The summed E-state index contributed by atoms with van der Waals surface area (Å²) in [5.41, 5.74) is 0.655. The molecule has 0 radical (unpaired) electrons. The maximum atomic E-state index is 13.1. The van der Waals surface area contributed by atoms with Crippen LogP contribution in [0.1, 0.15) is 18.2 Å². The van der Waals surface area contributed by atoms with Crippen molar-refractivity contribution in [3.8, 4) is 11.4 Å². The van der Waals surface area contributed by atoms with Crippen molar-refractivity contribution in [1.29, 1.82) is 0 Å². The summed E-state index contributed by atoms with van der Waals surface area (Å²) in [5.74, 6) is 0.876. The minimum absolute atomic E-state index is 0.0568. The van der Waals surface area contributed by atoms with Crippen molar-refractivity contribution < 1.29 is 8.91 Å². The molecule has 6 heteroatoms. The fourth-order valence-electron chi connectivity index (χ4n) is 2.02. The molecule has 94 valence electrons. The van der Waals surface area contributed by atoms with Crippen LogP contribution in [0.5, 0.6) is 0 Å². The molecule has 1 unspecified atom stereocenters. The number of nitrogens with one attached hydrogen (secondary N) is 1. The summed E-state index contributed by atoms with van der Waals surface area (Å²) in [7, 11) is 0. The second-order valence-electron chi connectivity index (χ2n) is 4.27. The van der Waals surface area contributed by atoms with Crippen molar-refractivity contribution in [3.63, 3.8) is 0 Å². The van der Waals surface area contributed by atoms with Crippen LogP contribution in [0.15, 0.2) is 22.7 Å². The normalized spacial score (nSPS) is 19.3. The first-order valence-corrected chi connectivity index (χ1v) is 6.11. The van der Waals surface area contributed by atoms with Gasteiger partial charge in [-0.05, 0) is 31.2 Å². The standard InChI is InChI=1S/C12H11ClFN3O/c13-9-5-7(1-2-10(9)14)11-16-12(18-17-11)8-3-4-15-6-8/h1-2,5,8,15H,3-4,6H2. The van der Waals surface area contributed by atoms with Crippen LogP contribution in [0.2, 0.25) is 5.02 Å². The van der Waals surface area contributed by atoms with Gasteiger partial charge in [0.2, 0.25) is 11.7 Å². The molecule has 3 rings (SSSR count). The topological polar surface area (TPSA) is 51.0 Å². The molecule has 1 N–H and O–H groups in total. The summed E-state index contributed by atoms with van der Waals surface area (Å²) >= 11 is 5.73. The van der Waals surface area contributed by atoms with Crippen LogP contribution in [-0.2, 0) is 0 Å². The molecule has 1 atom stereocenters. The van der Waals surface area contributed by atoms with E-state index in [1.807, 2.05) is 0 Å². The highest BCUT2D eigenvalue weighted by molar-refractivity contribution is 6.31. The monoisotopic (exact) mass is 267 g/mol. The summed E-state index contributed by atoms with van der Waals surface area (Å²) in [6, 6.07) is 4.38. The molecule has 0 amide bonds. The van der Waals surface area contributed by atoms with Crippen LogP contribution < -0.4 is 5.32 Å². The lowest BCUT2D eigenvalue weighted by atomic mass is 10.1. The molecule has 2 heterocycles. The van der Waals surface area contributed by atoms with Crippen LogP contribution >= 0.6 is 11.6 Å². The maximum Gasteiger partial charge on any atom is 0.231 e. The highest BCUT2D eigenvalue weighted by Gasteiger charge is 2.23. The Morgan fingerprint density at radius 1 is 1.44 bits per heavy atom. The van der Waals surface area contributed by atoms with Gasteiger partial charge in [-0.15, -0.1) is 0 Å². The molecule has 18 heavy (non-hydrogen) atoms. The molecule has 4 nitrogen and oxygen atoms in total. The quantitative estimate of drug-likeness (QED) is 0.909. The summed E-state index contributed by atoms with van der Waals surface area (Å²) in [4.78, 5) is 4.33. The maximum absolute atomic E-state index is 13.1. The molecule has 1 aromatic heterocycles. The molecular formula is C12H11ClFN3O. The lowest BCUT2D eigenvalue weighted by Gasteiger charge is -1.99. The molecule has 0 bridgehead atoms. The average molecular weight is 268 g/mol. The zero-order chi connectivity index (χ0) is 12.5. The van der Waals surface area contributed by atoms with Gasteiger partial charge in [0.15, 0.2) is 0 Å². The summed E-state index contributed by atoms with van der Waals surface area (Å²) in [6.45, 7) is 1.82. The van der Waals surface area contributed by atoms with E-state index in [0.717, 1.165) is 19.5 Å². The molecule has 1 aliphatic rings. The number of aromatic nitrogens is 2. The van der Waals surface area contributed by atoms with Crippen LogP contribution in [0.4, 0.5) is 4.39 Å². The Labute approximate surface area is 108 Å². The zero-order valence-corrected chi connectivity index (χ0v) is 10.2. The van der Waals surface area contributed by atoms with Crippen molar-refractivity contribution in [1.82, 2.24) is 15.5 Å². The van der Waals surface area contributed by atoms with Gasteiger partial charge in [-0.1, -0.05) is 16.8 Å². The lowest BCUT2D eigenvalue weighted by molar-refractivity contribution is 0.359. The fraction of sp³-hybridized carbons (Fsp3) is 0.333. The third-order valence-electron chi connectivity index (χ3n) is 3.03. The molecule has 1 saturated heterocycles. The predicted molar refractivity (Wildman–Crippen MR) is 64.9 cm³/mol. The lowest BCUT2D eigenvalue weighted by Crippen LogP contribution is -2.08.